The first-order valence-electron chi connectivity index (χ1n) is 4.73. The van der Waals surface area contributed by atoms with E-state index in [4.69, 9.17) is 4.52 Å². The van der Waals surface area contributed by atoms with Gasteiger partial charge in [-0.25, -0.2) is 0 Å². The highest BCUT2D eigenvalue weighted by atomic mass is 35.5. The summed E-state index contributed by atoms with van der Waals surface area (Å²) in [6.45, 7) is 0.597. The molecule has 0 saturated carbocycles. The summed E-state index contributed by atoms with van der Waals surface area (Å²) in [6.07, 6.45) is 4.20. The van der Waals surface area contributed by atoms with Gasteiger partial charge in [0.1, 0.15) is 0 Å². The van der Waals surface area contributed by atoms with Crippen LogP contribution in [0.25, 0.3) is 0 Å². The van der Waals surface area contributed by atoms with E-state index in [0.717, 1.165) is 5.56 Å². The van der Waals surface area contributed by atoms with Gasteiger partial charge >= 0.3 is 0 Å². The normalized spacial score (nSPS) is 9.81. The molecule has 5 nitrogen and oxygen atoms in total. The van der Waals surface area contributed by atoms with E-state index in [0.29, 0.717) is 24.7 Å². The first-order valence-corrected chi connectivity index (χ1v) is 4.73. The van der Waals surface area contributed by atoms with Gasteiger partial charge in [0.05, 0.1) is 6.54 Å². The van der Waals surface area contributed by atoms with E-state index >= 15 is 0 Å². The van der Waals surface area contributed by atoms with Gasteiger partial charge in [-0.2, -0.15) is 4.98 Å². The van der Waals surface area contributed by atoms with Crippen LogP contribution < -0.4 is 5.32 Å². The van der Waals surface area contributed by atoms with E-state index in [-0.39, 0.29) is 12.4 Å². The standard InChI is InChI=1S/C10H12N4O.ClH/c1-11-7-10-13-9(14-15-10)5-8-3-2-4-12-6-8;/h2-4,6,11H,5,7H2,1H3;1H. The summed E-state index contributed by atoms with van der Waals surface area (Å²) in [5.74, 6) is 1.30. The second-order valence-corrected chi connectivity index (χ2v) is 3.17. The maximum atomic E-state index is 5.03. The topological polar surface area (TPSA) is 63.8 Å². The van der Waals surface area contributed by atoms with Crippen LogP contribution in [0, 0.1) is 0 Å². The average molecular weight is 241 g/mol. The second-order valence-electron chi connectivity index (χ2n) is 3.17. The van der Waals surface area contributed by atoms with Crippen LogP contribution in [0.4, 0.5) is 0 Å². The van der Waals surface area contributed by atoms with E-state index in [1.54, 1.807) is 12.4 Å². The Morgan fingerprint density at radius 3 is 3.00 bits per heavy atom. The minimum Gasteiger partial charge on any atom is -0.338 e. The summed E-state index contributed by atoms with van der Waals surface area (Å²) in [5, 5.41) is 6.83. The molecule has 86 valence electrons. The van der Waals surface area contributed by atoms with E-state index in [2.05, 4.69) is 20.4 Å². The maximum absolute atomic E-state index is 5.03. The number of halogens is 1. The third-order valence-corrected chi connectivity index (χ3v) is 1.92. The van der Waals surface area contributed by atoms with Crippen molar-refractivity contribution in [2.24, 2.45) is 0 Å². The first kappa shape index (κ1) is 12.6. The number of aromatic nitrogens is 3. The van der Waals surface area contributed by atoms with E-state index < -0.39 is 0 Å². The Balaban J connectivity index is 0.00000128. The second kappa shape index (κ2) is 6.19. The number of nitrogens with zero attached hydrogens (tertiary/aromatic N) is 3. The smallest absolute Gasteiger partial charge is 0.240 e. The van der Waals surface area contributed by atoms with Gasteiger partial charge in [0, 0.05) is 18.8 Å². The Bertz CT molecular complexity index is 418. The fourth-order valence-electron chi connectivity index (χ4n) is 1.27. The Morgan fingerprint density at radius 1 is 1.44 bits per heavy atom. The molecule has 0 aromatic carbocycles. The van der Waals surface area contributed by atoms with Crippen LogP contribution in [-0.4, -0.2) is 22.2 Å². The summed E-state index contributed by atoms with van der Waals surface area (Å²) >= 11 is 0. The highest BCUT2D eigenvalue weighted by Gasteiger charge is 2.05. The Labute approximate surface area is 99.7 Å². The van der Waals surface area contributed by atoms with E-state index in [1.165, 1.54) is 0 Å². The van der Waals surface area contributed by atoms with Crippen molar-refractivity contribution >= 4 is 12.4 Å². The minimum absolute atomic E-state index is 0. The van der Waals surface area contributed by atoms with Gasteiger partial charge < -0.3 is 9.84 Å². The van der Waals surface area contributed by atoms with Gasteiger partial charge in [-0.3, -0.25) is 4.98 Å². The molecule has 16 heavy (non-hydrogen) atoms. The molecule has 0 atom stereocenters. The Morgan fingerprint density at radius 2 is 2.31 bits per heavy atom. The molecule has 2 heterocycles. The maximum Gasteiger partial charge on any atom is 0.240 e. The molecule has 0 aliphatic carbocycles. The zero-order chi connectivity index (χ0) is 10.5. The summed E-state index contributed by atoms with van der Waals surface area (Å²) < 4.78 is 5.03. The van der Waals surface area contributed by atoms with Crippen molar-refractivity contribution in [2.75, 3.05) is 7.05 Å². The van der Waals surface area contributed by atoms with Crippen LogP contribution >= 0.6 is 12.4 Å². The molecule has 0 aliphatic heterocycles. The van der Waals surface area contributed by atoms with Gasteiger partial charge in [0.2, 0.25) is 5.89 Å². The van der Waals surface area contributed by atoms with E-state index in [1.807, 2.05) is 19.2 Å². The third kappa shape index (κ3) is 3.29. The van der Waals surface area contributed by atoms with Crippen molar-refractivity contribution in [1.82, 2.24) is 20.4 Å². The number of hydrogen-bond donors (Lipinski definition) is 1. The van der Waals surface area contributed by atoms with Gasteiger partial charge in [0.15, 0.2) is 5.82 Å². The van der Waals surface area contributed by atoms with Crippen molar-refractivity contribution in [3.05, 3.63) is 41.8 Å². The lowest BCUT2D eigenvalue weighted by Gasteiger charge is -1.93. The van der Waals surface area contributed by atoms with Crippen molar-refractivity contribution in [3.63, 3.8) is 0 Å². The molecule has 1 N–H and O–H groups in total. The molecule has 0 aliphatic rings. The molecular formula is C10H13ClN4O. The minimum atomic E-state index is 0. The van der Waals surface area contributed by atoms with Crippen LogP contribution in [0.5, 0.6) is 0 Å². The number of rotatable bonds is 4. The first-order chi connectivity index (χ1) is 7.38. The third-order valence-electron chi connectivity index (χ3n) is 1.92. The summed E-state index contributed by atoms with van der Waals surface area (Å²) in [7, 11) is 1.84. The molecule has 2 aromatic heterocycles. The molecule has 0 fully saturated rings. The summed E-state index contributed by atoms with van der Waals surface area (Å²) in [4.78, 5) is 8.25. The molecule has 0 unspecified atom stereocenters. The lowest BCUT2D eigenvalue weighted by molar-refractivity contribution is 0.367. The molecule has 2 aromatic rings. The number of pyridine rings is 1. The summed E-state index contributed by atoms with van der Waals surface area (Å²) in [5.41, 5.74) is 1.08. The average Bonchev–Trinajstić information content (AvgIpc) is 2.68. The SMILES string of the molecule is CNCc1nc(Cc2cccnc2)no1.Cl. The van der Waals surface area contributed by atoms with Gasteiger partial charge in [0.25, 0.3) is 0 Å². The molecule has 2 rings (SSSR count). The number of nitrogens with one attached hydrogen (secondary N) is 1. The fourth-order valence-corrected chi connectivity index (χ4v) is 1.27. The highest BCUT2D eigenvalue weighted by molar-refractivity contribution is 5.85. The zero-order valence-electron chi connectivity index (χ0n) is 8.88. The molecule has 0 saturated heterocycles. The predicted molar refractivity (Wildman–Crippen MR) is 61.4 cm³/mol. The van der Waals surface area contributed by atoms with Crippen LogP contribution in [0.2, 0.25) is 0 Å². The molecule has 0 spiro atoms. The quantitative estimate of drug-likeness (QED) is 0.870. The van der Waals surface area contributed by atoms with Crippen LogP contribution in [-0.2, 0) is 13.0 Å². The van der Waals surface area contributed by atoms with Crippen molar-refractivity contribution < 1.29 is 4.52 Å². The molecular weight excluding hydrogens is 228 g/mol. The van der Waals surface area contributed by atoms with Crippen molar-refractivity contribution in [2.45, 2.75) is 13.0 Å². The molecule has 0 bridgehead atoms. The zero-order valence-corrected chi connectivity index (χ0v) is 9.70. The molecule has 0 amide bonds. The fraction of sp³-hybridized carbons (Fsp3) is 0.300. The lowest BCUT2D eigenvalue weighted by Crippen LogP contribution is -2.05. The largest absolute Gasteiger partial charge is 0.338 e. The van der Waals surface area contributed by atoms with Gasteiger partial charge in [-0.05, 0) is 18.7 Å². The van der Waals surface area contributed by atoms with Crippen molar-refractivity contribution in [1.29, 1.82) is 0 Å². The monoisotopic (exact) mass is 240 g/mol. The predicted octanol–water partition coefficient (Wildman–Crippen LogP) is 1.20. The van der Waals surface area contributed by atoms with Gasteiger partial charge in [-0.1, -0.05) is 11.2 Å². The Kier molecular flexibility index (Phi) is 4.88. The number of hydrogen-bond acceptors (Lipinski definition) is 5. The van der Waals surface area contributed by atoms with Crippen molar-refractivity contribution in [3.8, 4) is 0 Å². The molecule has 0 radical (unpaired) electrons. The Hall–Kier alpha value is -1.46. The lowest BCUT2D eigenvalue weighted by atomic mass is 10.2. The van der Waals surface area contributed by atoms with E-state index in [9.17, 15) is 0 Å². The van der Waals surface area contributed by atoms with Crippen LogP contribution in [0.15, 0.2) is 29.0 Å². The molecule has 6 heteroatoms. The van der Waals surface area contributed by atoms with Crippen LogP contribution in [0.3, 0.4) is 0 Å². The highest BCUT2D eigenvalue weighted by Crippen LogP contribution is 2.04. The van der Waals surface area contributed by atoms with Gasteiger partial charge in [-0.15, -0.1) is 12.4 Å². The summed E-state index contributed by atoms with van der Waals surface area (Å²) in [6, 6.07) is 3.88. The van der Waals surface area contributed by atoms with Crippen LogP contribution in [0.1, 0.15) is 17.3 Å².